The predicted octanol–water partition coefficient (Wildman–Crippen LogP) is 5.38. The summed E-state index contributed by atoms with van der Waals surface area (Å²) in [5.74, 6) is 0. The summed E-state index contributed by atoms with van der Waals surface area (Å²) in [6.07, 6.45) is -4.28. The first-order valence-corrected chi connectivity index (χ1v) is 17.3. The summed E-state index contributed by atoms with van der Waals surface area (Å²) in [7, 11) is -4.17. The summed E-state index contributed by atoms with van der Waals surface area (Å²) in [6.45, 7) is 1.92. The maximum absolute atomic E-state index is 14.3. The van der Waals surface area contributed by atoms with E-state index in [-0.39, 0.29) is 18.0 Å². The fourth-order valence-corrected chi connectivity index (χ4v) is 8.34. The van der Waals surface area contributed by atoms with Gasteiger partial charge in [0.15, 0.2) is 16.1 Å². The Bertz CT molecular complexity index is 1720. The highest BCUT2D eigenvalue weighted by Gasteiger charge is 2.52. The molecule has 5 aromatic rings. The van der Waals surface area contributed by atoms with E-state index in [0.717, 1.165) is 27.8 Å². The second-order valence-corrected chi connectivity index (χ2v) is 14.0. The molecule has 47 heavy (non-hydrogen) atoms. The number of sulfone groups is 1. The first-order valence-electron chi connectivity index (χ1n) is 15.7. The van der Waals surface area contributed by atoms with Crippen molar-refractivity contribution < 1.29 is 28.1 Å². The highest BCUT2D eigenvalue weighted by molar-refractivity contribution is 7.92. The van der Waals surface area contributed by atoms with Crippen LogP contribution in [-0.2, 0) is 31.5 Å². The molecule has 3 N–H and O–H groups in total. The number of aliphatic hydroxyl groups excluding tert-OH is 2. The Kier molecular flexibility index (Phi) is 9.98. The van der Waals surface area contributed by atoms with Gasteiger partial charge in [-0.1, -0.05) is 139 Å². The van der Waals surface area contributed by atoms with Gasteiger partial charge in [0.25, 0.3) is 0 Å². The van der Waals surface area contributed by atoms with E-state index in [0.29, 0.717) is 0 Å². The molecule has 0 spiro atoms. The maximum Gasteiger partial charge on any atom is 0.185 e. The number of rotatable bonds is 11. The van der Waals surface area contributed by atoms with Crippen LogP contribution in [0.4, 0.5) is 0 Å². The Morgan fingerprint density at radius 3 is 1.66 bits per heavy atom. The summed E-state index contributed by atoms with van der Waals surface area (Å²) in [5.41, 5.74) is 3.19. The molecule has 1 saturated heterocycles. The monoisotopic (exact) mass is 649 g/mol. The average molecular weight is 650 g/mol. The van der Waals surface area contributed by atoms with Crippen molar-refractivity contribution in [2.45, 2.75) is 53.8 Å². The van der Waals surface area contributed by atoms with Crippen LogP contribution in [0.1, 0.15) is 27.8 Å². The molecule has 0 aliphatic carbocycles. The fraction of sp³-hybridized carbons (Fsp3) is 0.231. The lowest BCUT2D eigenvalue weighted by Crippen LogP contribution is -2.65. The minimum Gasteiger partial charge on any atom is -0.389 e. The number of benzene rings is 5. The van der Waals surface area contributed by atoms with Gasteiger partial charge >= 0.3 is 0 Å². The van der Waals surface area contributed by atoms with Crippen LogP contribution >= 0.6 is 0 Å². The molecule has 0 amide bonds. The van der Waals surface area contributed by atoms with Crippen LogP contribution < -0.4 is 5.32 Å². The second-order valence-electron chi connectivity index (χ2n) is 11.9. The van der Waals surface area contributed by atoms with Gasteiger partial charge in [-0.25, -0.2) is 8.42 Å². The quantitative estimate of drug-likeness (QED) is 0.165. The van der Waals surface area contributed by atoms with Crippen LogP contribution in [0.3, 0.4) is 0 Å². The third-order valence-corrected chi connectivity index (χ3v) is 11.0. The van der Waals surface area contributed by atoms with E-state index in [1.807, 2.05) is 128 Å². The number of ether oxygens (including phenoxy) is 2. The van der Waals surface area contributed by atoms with Gasteiger partial charge in [-0.3, -0.25) is 0 Å². The van der Waals surface area contributed by atoms with Crippen LogP contribution in [0, 0.1) is 6.92 Å². The van der Waals surface area contributed by atoms with E-state index in [4.69, 9.17) is 9.47 Å². The third kappa shape index (κ3) is 6.80. The number of hydrogen-bond acceptors (Lipinski definition) is 7. The van der Waals surface area contributed by atoms with E-state index < -0.39 is 45.2 Å². The van der Waals surface area contributed by atoms with Crippen LogP contribution in [-0.4, -0.2) is 55.0 Å². The predicted molar refractivity (Wildman–Crippen MR) is 181 cm³/mol. The number of nitrogens with one attached hydrogen (secondary N) is 1. The molecular weight excluding hydrogens is 610 g/mol. The molecule has 1 fully saturated rings. The molecule has 5 atom stereocenters. The highest BCUT2D eigenvalue weighted by atomic mass is 32.2. The minimum absolute atomic E-state index is 0.0552. The van der Waals surface area contributed by atoms with Gasteiger partial charge in [0, 0.05) is 6.54 Å². The van der Waals surface area contributed by atoms with Crippen molar-refractivity contribution in [3.05, 3.63) is 173 Å². The second kappa shape index (κ2) is 14.3. The zero-order chi connectivity index (χ0) is 32.9. The van der Waals surface area contributed by atoms with E-state index in [1.165, 1.54) is 12.1 Å². The van der Waals surface area contributed by atoms with Crippen molar-refractivity contribution in [3.8, 4) is 0 Å². The number of hydrogen-bond donors (Lipinski definition) is 3. The van der Waals surface area contributed by atoms with E-state index >= 15 is 0 Å². The summed E-state index contributed by atoms with van der Waals surface area (Å²) >= 11 is 0. The molecule has 0 radical (unpaired) electrons. The maximum atomic E-state index is 14.3. The molecule has 1 aliphatic heterocycles. The molecule has 5 aromatic carbocycles. The Morgan fingerprint density at radius 1 is 0.702 bits per heavy atom. The zero-order valence-electron chi connectivity index (χ0n) is 26.1. The lowest BCUT2D eigenvalue weighted by Gasteiger charge is -2.44. The molecule has 0 unspecified atom stereocenters. The van der Waals surface area contributed by atoms with Crippen molar-refractivity contribution in [2.24, 2.45) is 0 Å². The van der Waals surface area contributed by atoms with Crippen LogP contribution in [0.5, 0.6) is 0 Å². The van der Waals surface area contributed by atoms with E-state index in [1.54, 1.807) is 12.1 Å². The van der Waals surface area contributed by atoms with Gasteiger partial charge in [0.1, 0.15) is 23.1 Å². The fourth-order valence-electron chi connectivity index (χ4n) is 6.35. The Morgan fingerprint density at radius 2 is 1.17 bits per heavy atom. The third-order valence-electron chi connectivity index (χ3n) is 8.79. The van der Waals surface area contributed by atoms with Gasteiger partial charge in [0.05, 0.1) is 17.5 Å². The first-order chi connectivity index (χ1) is 22.8. The van der Waals surface area contributed by atoms with Crippen LogP contribution in [0.2, 0.25) is 0 Å². The van der Waals surface area contributed by atoms with E-state index in [2.05, 4.69) is 5.32 Å². The van der Waals surface area contributed by atoms with Gasteiger partial charge in [-0.2, -0.15) is 0 Å². The Balaban J connectivity index is 1.38. The van der Waals surface area contributed by atoms with Gasteiger partial charge in [-0.05, 0) is 41.3 Å². The zero-order valence-corrected chi connectivity index (χ0v) is 26.9. The Labute approximate surface area is 276 Å². The minimum atomic E-state index is -4.17. The average Bonchev–Trinajstić information content (AvgIpc) is 3.11. The summed E-state index contributed by atoms with van der Waals surface area (Å²) < 4.78 is 41.5. The highest BCUT2D eigenvalue weighted by Crippen LogP contribution is 2.41. The molecule has 0 aromatic heterocycles. The summed E-state index contributed by atoms with van der Waals surface area (Å²) in [4.78, 5) is 0.0552. The van der Waals surface area contributed by atoms with Gasteiger partial charge < -0.3 is 25.0 Å². The molecule has 0 bridgehead atoms. The first kappa shape index (κ1) is 32.8. The molecular formula is C39H39NO6S. The molecule has 1 aliphatic rings. The normalized spacial score (nSPS) is 21.7. The largest absolute Gasteiger partial charge is 0.389 e. The van der Waals surface area contributed by atoms with Crippen molar-refractivity contribution in [1.82, 2.24) is 5.32 Å². The van der Waals surface area contributed by atoms with Gasteiger partial charge in [0.2, 0.25) is 0 Å². The van der Waals surface area contributed by atoms with Crippen LogP contribution in [0.25, 0.3) is 0 Å². The standard InChI is InChI=1S/C39H39NO6S/c1-28-22-24-33(25-23-28)47(43,44)37-35(40-26-29-14-6-2-7-15-29)38(42)46-34(36(37)41)27-45-39(30-16-8-3-9-17-30,31-18-10-4-11-19-31)32-20-12-5-13-21-32/h2-25,34-38,40-42H,26-27H2,1H3/t34-,35-,36-,37-,38+/m1/s1. The van der Waals surface area contributed by atoms with E-state index in [9.17, 15) is 18.6 Å². The number of aryl methyl sites for hydroxylation is 1. The molecule has 7 nitrogen and oxygen atoms in total. The SMILES string of the molecule is Cc1ccc(S(=O)(=O)[C@H]2[C@H](O)[C@@H](COC(c3ccccc3)(c3ccccc3)c3ccccc3)O[C@H](O)[C@@H]2NCc2ccccc2)cc1. The number of aliphatic hydroxyl groups is 2. The van der Waals surface area contributed by atoms with Crippen molar-refractivity contribution in [2.75, 3.05) is 6.61 Å². The smallest absolute Gasteiger partial charge is 0.185 e. The van der Waals surface area contributed by atoms with Crippen molar-refractivity contribution in [3.63, 3.8) is 0 Å². The summed E-state index contributed by atoms with van der Waals surface area (Å²) in [5, 5.41) is 25.1. The lowest BCUT2D eigenvalue weighted by atomic mass is 9.80. The molecule has 6 rings (SSSR count). The van der Waals surface area contributed by atoms with Crippen molar-refractivity contribution >= 4 is 9.84 Å². The van der Waals surface area contributed by atoms with Crippen molar-refractivity contribution in [1.29, 1.82) is 0 Å². The molecule has 242 valence electrons. The Hall–Kier alpha value is -4.15. The topological polar surface area (TPSA) is 105 Å². The van der Waals surface area contributed by atoms with Crippen LogP contribution in [0.15, 0.2) is 150 Å². The van der Waals surface area contributed by atoms with Gasteiger partial charge in [-0.15, -0.1) is 0 Å². The summed E-state index contributed by atoms with van der Waals surface area (Å²) in [6, 6.07) is 44.0. The molecule has 0 saturated carbocycles. The molecule has 1 heterocycles. The lowest BCUT2D eigenvalue weighted by molar-refractivity contribution is -0.229. The molecule has 8 heteroatoms.